The highest BCUT2D eigenvalue weighted by molar-refractivity contribution is 7.17. The summed E-state index contributed by atoms with van der Waals surface area (Å²) in [6, 6.07) is 13.0. The topological polar surface area (TPSA) is 134 Å². The number of amides is 2. The molecule has 2 N–H and O–H groups in total. The lowest BCUT2D eigenvalue weighted by Gasteiger charge is -2.38. The Bertz CT molecular complexity index is 1740. The number of benzene rings is 2. The molecule has 2 aromatic carbocycles. The van der Waals surface area contributed by atoms with E-state index in [0.717, 1.165) is 85.6 Å². The number of ether oxygens (including phenoxy) is 4. The predicted octanol–water partition coefficient (Wildman–Crippen LogP) is 4.23. The Morgan fingerprint density at radius 2 is 1.00 bits per heavy atom. The fourth-order valence-electron chi connectivity index (χ4n) is 6.65. The van der Waals surface area contributed by atoms with Gasteiger partial charge in [-0.25, -0.2) is 9.97 Å². The van der Waals surface area contributed by atoms with E-state index in [-0.39, 0.29) is 11.8 Å². The molecule has 16 heteroatoms. The van der Waals surface area contributed by atoms with Crippen LogP contribution in [0.2, 0.25) is 0 Å². The summed E-state index contributed by atoms with van der Waals surface area (Å²) < 4.78 is 21.8. The minimum absolute atomic E-state index is 0.0798. The Morgan fingerprint density at radius 1 is 0.615 bits per heavy atom. The van der Waals surface area contributed by atoms with Crippen molar-refractivity contribution in [1.29, 1.82) is 0 Å². The molecular formula is C36H44N8O6S2. The third-order valence-corrected chi connectivity index (χ3v) is 12.0. The van der Waals surface area contributed by atoms with Crippen LogP contribution in [0.15, 0.2) is 48.8 Å². The molecule has 4 aliphatic heterocycles. The Balaban J connectivity index is 0.000000162. The second-order valence-corrected chi connectivity index (χ2v) is 14.8. The summed E-state index contributed by atoms with van der Waals surface area (Å²) in [5.74, 6) is 3.14. The highest BCUT2D eigenvalue weighted by atomic mass is 32.1. The van der Waals surface area contributed by atoms with Gasteiger partial charge in [-0.15, -0.1) is 0 Å². The van der Waals surface area contributed by atoms with Gasteiger partial charge in [-0.3, -0.25) is 19.4 Å². The lowest BCUT2D eigenvalue weighted by Crippen LogP contribution is -2.47. The monoisotopic (exact) mass is 748 g/mol. The van der Waals surface area contributed by atoms with Crippen molar-refractivity contribution in [3.63, 3.8) is 0 Å². The second kappa shape index (κ2) is 15.9. The average molecular weight is 749 g/mol. The standard InChI is InChI=1S/2C18H22N4O3S/c2*1-12(13-3-4-14-15(9-13)25-11-24-14)21-5-7-22(8-6-21)18-20-10-16(26-18)17(23)19-2/h2*3-4,9-10,12H,5-8,11H2,1-2H3,(H,19,23)/t2*12-/m10/s1. The molecule has 0 spiro atoms. The third kappa shape index (κ3) is 7.74. The Morgan fingerprint density at radius 3 is 1.38 bits per heavy atom. The molecule has 14 nitrogen and oxygen atoms in total. The van der Waals surface area contributed by atoms with E-state index in [1.807, 2.05) is 12.1 Å². The largest absolute Gasteiger partial charge is 0.454 e. The van der Waals surface area contributed by atoms with Gasteiger partial charge in [0.15, 0.2) is 33.3 Å². The molecule has 2 aromatic heterocycles. The average Bonchev–Trinajstić information content (AvgIpc) is 4.04. The van der Waals surface area contributed by atoms with Crippen molar-refractivity contribution in [2.24, 2.45) is 0 Å². The van der Waals surface area contributed by atoms with Gasteiger partial charge in [0.05, 0.1) is 12.4 Å². The maximum atomic E-state index is 11.7. The molecule has 52 heavy (non-hydrogen) atoms. The Hall–Kier alpha value is -4.64. The van der Waals surface area contributed by atoms with Crippen molar-refractivity contribution in [3.8, 4) is 23.0 Å². The maximum absolute atomic E-state index is 11.7. The van der Waals surface area contributed by atoms with Crippen molar-refractivity contribution in [2.75, 3.05) is 89.8 Å². The zero-order valence-corrected chi connectivity index (χ0v) is 31.4. The van der Waals surface area contributed by atoms with Crippen LogP contribution in [0.3, 0.4) is 0 Å². The van der Waals surface area contributed by atoms with Gasteiger partial charge >= 0.3 is 0 Å². The number of fused-ring (bicyclic) bond motifs is 2. The molecule has 6 heterocycles. The van der Waals surface area contributed by atoms with Gasteiger partial charge in [0, 0.05) is 78.5 Å². The number of piperazine rings is 2. The SMILES string of the molecule is CNC(=O)c1cnc(N2CCN([C@@H](C)c3ccc4c(c3)OCO4)CC2)s1.CNC(=O)c1cnc(N2CCN([C@H](C)c3ccc4c(c3)OCO4)CC2)s1. The van der Waals surface area contributed by atoms with Gasteiger partial charge in [0.1, 0.15) is 9.75 Å². The number of hydrogen-bond acceptors (Lipinski definition) is 14. The molecule has 4 aromatic rings. The van der Waals surface area contributed by atoms with Crippen LogP contribution in [0.4, 0.5) is 10.3 Å². The molecule has 4 aliphatic rings. The van der Waals surface area contributed by atoms with E-state index in [2.05, 4.69) is 78.3 Å². The van der Waals surface area contributed by atoms with E-state index in [1.165, 1.54) is 33.8 Å². The smallest absolute Gasteiger partial charge is 0.262 e. The molecule has 0 radical (unpaired) electrons. The number of nitrogens with zero attached hydrogens (tertiary/aromatic N) is 6. The van der Waals surface area contributed by atoms with E-state index < -0.39 is 0 Å². The molecule has 2 amide bonds. The first-order valence-electron chi connectivity index (χ1n) is 17.4. The first-order chi connectivity index (χ1) is 25.3. The maximum Gasteiger partial charge on any atom is 0.262 e. The van der Waals surface area contributed by atoms with Crippen LogP contribution in [-0.4, -0.2) is 112 Å². The molecule has 0 unspecified atom stereocenters. The van der Waals surface area contributed by atoms with Gasteiger partial charge in [-0.1, -0.05) is 34.8 Å². The van der Waals surface area contributed by atoms with Crippen molar-refractivity contribution in [2.45, 2.75) is 25.9 Å². The van der Waals surface area contributed by atoms with Crippen LogP contribution < -0.4 is 39.4 Å². The van der Waals surface area contributed by atoms with Crippen molar-refractivity contribution >= 4 is 44.8 Å². The summed E-state index contributed by atoms with van der Waals surface area (Å²) in [6.45, 7) is 12.4. The van der Waals surface area contributed by atoms with Crippen LogP contribution in [0.5, 0.6) is 23.0 Å². The van der Waals surface area contributed by atoms with Crippen LogP contribution in [0, 0.1) is 0 Å². The van der Waals surface area contributed by atoms with Gasteiger partial charge in [-0.2, -0.15) is 0 Å². The van der Waals surface area contributed by atoms with Crippen LogP contribution in [0.1, 0.15) is 56.4 Å². The summed E-state index contributed by atoms with van der Waals surface area (Å²) in [7, 11) is 3.27. The Kier molecular flexibility index (Phi) is 11.0. The summed E-state index contributed by atoms with van der Waals surface area (Å²) >= 11 is 2.89. The number of carbonyl (C=O) groups excluding carboxylic acids is 2. The molecule has 2 atom stereocenters. The molecule has 2 saturated heterocycles. The molecule has 0 saturated carbocycles. The minimum atomic E-state index is -0.0798. The molecule has 0 aliphatic carbocycles. The summed E-state index contributed by atoms with van der Waals surface area (Å²) in [4.78, 5) is 42.9. The Labute approximate surface area is 311 Å². The fourth-order valence-corrected chi connectivity index (χ4v) is 8.48. The predicted molar refractivity (Wildman–Crippen MR) is 201 cm³/mol. The number of aromatic nitrogens is 2. The normalized spacial score (nSPS) is 18.0. The van der Waals surface area contributed by atoms with E-state index in [4.69, 9.17) is 18.9 Å². The van der Waals surface area contributed by atoms with Gasteiger partial charge in [0.25, 0.3) is 11.8 Å². The highest BCUT2D eigenvalue weighted by Crippen LogP contribution is 2.37. The van der Waals surface area contributed by atoms with E-state index in [9.17, 15) is 9.59 Å². The van der Waals surface area contributed by atoms with Gasteiger partial charge in [-0.05, 0) is 49.2 Å². The first-order valence-corrected chi connectivity index (χ1v) is 19.1. The lowest BCUT2D eigenvalue weighted by atomic mass is 10.1. The van der Waals surface area contributed by atoms with E-state index >= 15 is 0 Å². The first kappa shape index (κ1) is 35.7. The number of rotatable bonds is 8. The molecule has 8 rings (SSSR count). The van der Waals surface area contributed by atoms with Crippen molar-refractivity contribution in [1.82, 2.24) is 30.4 Å². The zero-order valence-electron chi connectivity index (χ0n) is 29.8. The van der Waals surface area contributed by atoms with Gasteiger partial charge < -0.3 is 39.4 Å². The summed E-state index contributed by atoms with van der Waals surface area (Å²) in [5, 5.41) is 7.11. The van der Waals surface area contributed by atoms with Crippen molar-refractivity contribution in [3.05, 3.63) is 69.7 Å². The molecule has 276 valence electrons. The van der Waals surface area contributed by atoms with Crippen LogP contribution in [0.25, 0.3) is 0 Å². The number of nitrogens with one attached hydrogen (secondary N) is 2. The summed E-state index contributed by atoms with van der Waals surface area (Å²) in [5.41, 5.74) is 2.47. The number of thiazole rings is 2. The van der Waals surface area contributed by atoms with Crippen LogP contribution in [-0.2, 0) is 0 Å². The quantitative estimate of drug-likeness (QED) is 0.267. The minimum Gasteiger partial charge on any atom is -0.454 e. The second-order valence-electron chi connectivity index (χ2n) is 12.8. The fraction of sp³-hybridized carbons (Fsp3) is 0.444. The number of carbonyl (C=O) groups is 2. The molecule has 0 bridgehead atoms. The zero-order chi connectivity index (χ0) is 36.2. The number of anilines is 2. The summed E-state index contributed by atoms with van der Waals surface area (Å²) in [6.07, 6.45) is 3.31. The van der Waals surface area contributed by atoms with Crippen molar-refractivity contribution < 1.29 is 28.5 Å². The van der Waals surface area contributed by atoms with Gasteiger partial charge in [0.2, 0.25) is 13.6 Å². The van der Waals surface area contributed by atoms with E-state index in [0.29, 0.717) is 35.4 Å². The van der Waals surface area contributed by atoms with Crippen LogP contribution >= 0.6 is 22.7 Å². The highest BCUT2D eigenvalue weighted by Gasteiger charge is 2.27. The number of hydrogen-bond donors (Lipinski definition) is 2. The molecule has 2 fully saturated rings. The van der Waals surface area contributed by atoms with E-state index in [1.54, 1.807) is 26.5 Å². The lowest BCUT2D eigenvalue weighted by molar-refractivity contribution is 0.0958. The third-order valence-electron chi connectivity index (χ3n) is 9.91. The molecular weight excluding hydrogens is 705 g/mol.